The molecule has 0 atom stereocenters. The second kappa shape index (κ2) is 8.42. The molecule has 0 aromatic heterocycles. The maximum atomic E-state index is 13.6. The third kappa shape index (κ3) is 4.25. The van der Waals surface area contributed by atoms with Crippen LogP contribution in [0.4, 0.5) is 24.5 Å². The number of halogens is 3. The van der Waals surface area contributed by atoms with Crippen LogP contribution >= 0.6 is 0 Å². The van der Waals surface area contributed by atoms with Crippen molar-refractivity contribution in [2.75, 3.05) is 16.3 Å². The monoisotopic (exact) mass is 456 g/mol. The van der Waals surface area contributed by atoms with Gasteiger partial charge in [-0.1, -0.05) is 30.4 Å². The molecule has 1 aliphatic carbocycles. The van der Waals surface area contributed by atoms with E-state index < -0.39 is 17.7 Å². The van der Waals surface area contributed by atoms with Crippen LogP contribution in [0.25, 0.3) is 5.57 Å². The number of phenolic OH excluding ortho intramolecular Hbond substituents is 1. The molecule has 2 aromatic rings. The minimum absolute atomic E-state index is 0.0264. The van der Waals surface area contributed by atoms with E-state index in [4.69, 9.17) is 0 Å². The molecule has 0 saturated heterocycles. The summed E-state index contributed by atoms with van der Waals surface area (Å²) in [5, 5.41) is 9.97. The van der Waals surface area contributed by atoms with Gasteiger partial charge in [-0.15, -0.1) is 0 Å². The average molecular weight is 456 g/mol. The third-order valence-corrected chi connectivity index (χ3v) is 5.85. The van der Waals surface area contributed by atoms with Gasteiger partial charge < -0.3 is 10.0 Å². The smallest absolute Gasteiger partial charge is 0.412 e. The van der Waals surface area contributed by atoms with Gasteiger partial charge in [-0.25, -0.2) is 0 Å². The molecule has 1 heterocycles. The van der Waals surface area contributed by atoms with Crippen molar-refractivity contribution in [3.63, 3.8) is 0 Å². The molecule has 0 fully saturated rings. The second-order valence-corrected chi connectivity index (χ2v) is 8.35. The van der Waals surface area contributed by atoms with Crippen molar-refractivity contribution in [3.8, 4) is 5.75 Å². The molecule has 2 amide bonds. The van der Waals surface area contributed by atoms with Gasteiger partial charge >= 0.3 is 6.18 Å². The van der Waals surface area contributed by atoms with Crippen molar-refractivity contribution in [1.29, 1.82) is 0 Å². The Bertz CT molecular complexity index is 1180. The summed E-state index contributed by atoms with van der Waals surface area (Å²) in [5.74, 6) is -0.745. The highest BCUT2D eigenvalue weighted by Crippen LogP contribution is 2.40. The second-order valence-electron chi connectivity index (χ2n) is 8.35. The normalized spacial score (nSPS) is 16.5. The first-order valence-electron chi connectivity index (χ1n) is 10.6. The van der Waals surface area contributed by atoms with E-state index in [0.29, 0.717) is 28.1 Å². The van der Waals surface area contributed by atoms with Crippen LogP contribution in [-0.4, -0.2) is 35.7 Å². The van der Waals surface area contributed by atoms with Gasteiger partial charge in [0.05, 0.1) is 11.4 Å². The fourth-order valence-electron chi connectivity index (χ4n) is 4.30. The van der Waals surface area contributed by atoms with Crippen LogP contribution in [0.5, 0.6) is 5.75 Å². The first-order valence-corrected chi connectivity index (χ1v) is 10.6. The highest BCUT2D eigenvalue weighted by molar-refractivity contribution is 6.17. The molecule has 33 heavy (non-hydrogen) atoms. The van der Waals surface area contributed by atoms with Crippen molar-refractivity contribution in [1.82, 2.24) is 0 Å². The van der Waals surface area contributed by atoms with Crippen LogP contribution in [0.1, 0.15) is 42.6 Å². The number of hydrogen-bond acceptors (Lipinski definition) is 3. The average Bonchev–Trinajstić information content (AvgIpc) is 2.77. The molecule has 0 spiro atoms. The van der Waals surface area contributed by atoms with Gasteiger partial charge in [-0.3, -0.25) is 14.5 Å². The van der Waals surface area contributed by atoms with Crippen molar-refractivity contribution in [2.45, 2.75) is 38.9 Å². The van der Waals surface area contributed by atoms with E-state index in [1.54, 1.807) is 30.3 Å². The summed E-state index contributed by atoms with van der Waals surface area (Å²) in [7, 11) is 0. The van der Waals surface area contributed by atoms with E-state index in [9.17, 15) is 27.9 Å². The van der Waals surface area contributed by atoms with Gasteiger partial charge in [0, 0.05) is 23.2 Å². The van der Waals surface area contributed by atoms with Crippen LogP contribution in [0, 0.1) is 0 Å². The van der Waals surface area contributed by atoms with E-state index in [1.807, 2.05) is 13.8 Å². The number of nitrogens with zero attached hydrogens (tertiary/aromatic N) is 2. The lowest BCUT2D eigenvalue weighted by atomic mass is 9.90. The summed E-state index contributed by atoms with van der Waals surface area (Å²) in [6.07, 6.45) is -1.91. The lowest BCUT2D eigenvalue weighted by molar-refractivity contribution is -0.117. The van der Waals surface area contributed by atoms with Crippen LogP contribution in [0.2, 0.25) is 0 Å². The fraction of sp³-hybridized carbons (Fsp3) is 0.280. The number of rotatable bonds is 3. The summed E-state index contributed by atoms with van der Waals surface area (Å²) in [6.45, 7) is 3.51. The summed E-state index contributed by atoms with van der Waals surface area (Å²) >= 11 is 0. The number of carbonyl (C=O) groups excluding carboxylic acids is 2. The molecular formula is C25H23F3N2O3. The number of benzene rings is 2. The van der Waals surface area contributed by atoms with Gasteiger partial charge in [-0.05, 0) is 56.0 Å². The number of amides is 2. The highest BCUT2D eigenvalue weighted by atomic mass is 19.4. The van der Waals surface area contributed by atoms with E-state index in [2.05, 4.69) is 0 Å². The number of hydrogen-bond donors (Lipinski definition) is 1. The number of anilines is 2. The zero-order chi connectivity index (χ0) is 23.9. The Labute approximate surface area is 189 Å². The maximum Gasteiger partial charge on any atom is 0.412 e. The number of aromatic hydroxyl groups is 1. The van der Waals surface area contributed by atoms with Crippen molar-refractivity contribution in [2.24, 2.45) is 0 Å². The topological polar surface area (TPSA) is 60.9 Å². The standard InChI is InChI=1S/C25H23F3N2O3/c1-15(2)30-22-13-18(31)11-12-21(22)29(14-23(30)32)24(33)20-6-4-3-5-19(20)16-7-9-17(10-8-16)25(26,27)28/h3-7,9,11-13,15,31H,8,10,14H2,1-2H3. The molecule has 2 aromatic carbocycles. The molecule has 0 bridgehead atoms. The van der Waals surface area contributed by atoms with Gasteiger partial charge in [0.2, 0.25) is 5.91 Å². The quantitative estimate of drug-likeness (QED) is 0.667. The predicted octanol–water partition coefficient (Wildman–Crippen LogP) is 5.46. The van der Waals surface area contributed by atoms with Crippen LogP contribution in [0.3, 0.4) is 0 Å². The maximum absolute atomic E-state index is 13.6. The molecule has 2 aliphatic rings. The number of allylic oxidation sites excluding steroid dienone is 4. The van der Waals surface area contributed by atoms with Crippen molar-refractivity contribution in [3.05, 3.63) is 71.3 Å². The Kier molecular flexibility index (Phi) is 5.78. The number of carbonyl (C=O) groups is 2. The highest BCUT2D eigenvalue weighted by Gasteiger charge is 2.36. The molecule has 0 radical (unpaired) electrons. The lowest BCUT2D eigenvalue weighted by Crippen LogP contribution is -2.50. The number of fused-ring (bicyclic) bond motifs is 1. The zero-order valence-corrected chi connectivity index (χ0v) is 18.2. The molecule has 172 valence electrons. The Balaban J connectivity index is 1.75. The molecule has 0 saturated carbocycles. The van der Waals surface area contributed by atoms with E-state index in [1.165, 1.54) is 28.0 Å². The summed E-state index contributed by atoms with van der Waals surface area (Å²) in [4.78, 5) is 29.4. The third-order valence-electron chi connectivity index (χ3n) is 5.85. The fourth-order valence-corrected chi connectivity index (χ4v) is 4.30. The van der Waals surface area contributed by atoms with Crippen LogP contribution in [-0.2, 0) is 4.79 Å². The Morgan fingerprint density at radius 3 is 2.39 bits per heavy atom. The molecule has 5 nitrogen and oxygen atoms in total. The van der Waals surface area contributed by atoms with E-state index in [-0.39, 0.29) is 37.1 Å². The Morgan fingerprint density at radius 2 is 1.76 bits per heavy atom. The minimum atomic E-state index is -4.37. The molecule has 1 aliphatic heterocycles. The largest absolute Gasteiger partial charge is 0.508 e. The Hall–Kier alpha value is -3.55. The number of alkyl halides is 3. The number of phenols is 1. The van der Waals surface area contributed by atoms with Gasteiger partial charge in [0.1, 0.15) is 12.3 Å². The molecule has 1 N–H and O–H groups in total. The summed E-state index contributed by atoms with van der Waals surface area (Å²) in [6, 6.07) is 11.0. The molecule has 8 heteroatoms. The SMILES string of the molecule is CC(C)N1C(=O)CN(C(=O)c2ccccc2C2=CC=C(C(F)(F)F)CC2)c2ccc(O)cc21. The van der Waals surface area contributed by atoms with Crippen molar-refractivity contribution >= 4 is 28.8 Å². The first-order chi connectivity index (χ1) is 15.6. The molecule has 0 unspecified atom stereocenters. The van der Waals surface area contributed by atoms with E-state index in [0.717, 1.165) is 6.08 Å². The van der Waals surface area contributed by atoms with Crippen molar-refractivity contribution < 1.29 is 27.9 Å². The zero-order valence-electron chi connectivity index (χ0n) is 18.2. The van der Waals surface area contributed by atoms with E-state index >= 15 is 0 Å². The minimum Gasteiger partial charge on any atom is -0.508 e. The first kappa shape index (κ1) is 22.6. The summed E-state index contributed by atoms with van der Waals surface area (Å²) < 4.78 is 39.0. The molecular weight excluding hydrogens is 433 g/mol. The Morgan fingerprint density at radius 1 is 1.03 bits per heavy atom. The van der Waals surface area contributed by atoms with Gasteiger partial charge in [0.25, 0.3) is 5.91 Å². The predicted molar refractivity (Wildman–Crippen MR) is 120 cm³/mol. The van der Waals surface area contributed by atoms with Gasteiger partial charge in [-0.2, -0.15) is 13.2 Å². The van der Waals surface area contributed by atoms with Gasteiger partial charge in [0.15, 0.2) is 0 Å². The summed E-state index contributed by atoms with van der Waals surface area (Å²) in [5.41, 5.74) is 1.79. The van der Waals surface area contributed by atoms with Crippen LogP contribution in [0.15, 0.2) is 60.2 Å². The lowest BCUT2D eigenvalue weighted by Gasteiger charge is -2.38. The molecule has 4 rings (SSSR count). The van der Waals surface area contributed by atoms with Crippen LogP contribution < -0.4 is 9.80 Å².